The maximum atomic E-state index is 13.0. The maximum absolute atomic E-state index is 13.0. The lowest BCUT2D eigenvalue weighted by atomic mass is 9.89. The third kappa shape index (κ3) is 3.13. The summed E-state index contributed by atoms with van der Waals surface area (Å²) in [5.74, 6) is 0.241. The summed E-state index contributed by atoms with van der Waals surface area (Å²) < 4.78 is 1.31. The van der Waals surface area contributed by atoms with Gasteiger partial charge in [-0.3, -0.25) is 24.3 Å². The number of carbonyl (C=O) groups is 1. The molecule has 1 atom stereocenters. The van der Waals surface area contributed by atoms with Crippen LogP contribution in [0.4, 0.5) is 5.69 Å². The summed E-state index contributed by atoms with van der Waals surface area (Å²) in [5, 5.41) is 11.7. The smallest absolute Gasteiger partial charge is 0.273 e. The number of hydrogen-bond acceptors (Lipinski definition) is 6. The van der Waals surface area contributed by atoms with Crippen LogP contribution in [0.15, 0.2) is 29.3 Å². The van der Waals surface area contributed by atoms with Gasteiger partial charge in [0.05, 0.1) is 23.2 Å². The number of rotatable bonds is 4. The minimum atomic E-state index is -0.509. The van der Waals surface area contributed by atoms with Crippen LogP contribution in [0.5, 0.6) is 0 Å². The zero-order valence-electron chi connectivity index (χ0n) is 15.6. The molecule has 0 fully saturated rings. The summed E-state index contributed by atoms with van der Waals surface area (Å²) in [5.41, 5.74) is 1.45. The third-order valence-electron chi connectivity index (χ3n) is 5.32. The molecule has 0 saturated heterocycles. The highest BCUT2D eigenvalue weighted by molar-refractivity contribution is 7.18. The number of nitrogens with zero attached hydrogens (tertiary/aromatic N) is 3. The van der Waals surface area contributed by atoms with E-state index in [-0.39, 0.29) is 29.1 Å². The Morgan fingerprint density at radius 1 is 1.43 bits per heavy atom. The summed E-state index contributed by atoms with van der Waals surface area (Å²) >= 11 is 1.56. The van der Waals surface area contributed by atoms with Gasteiger partial charge in [-0.25, -0.2) is 4.98 Å². The number of nitro groups is 1. The van der Waals surface area contributed by atoms with Crippen molar-refractivity contribution in [2.45, 2.75) is 39.7 Å². The molecule has 8 heteroatoms. The maximum Gasteiger partial charge on any atom is 0.273 e. The second-order valence-corrected chi connectivity index (χ2v) is 8.47. The molecule has 144 valence electrons. The Bertz CT molecular complexity index is 1180. The highest BCUT2D eigenvalue weighted by Crippen LogP contribution is 2.35. The van der Waals surface area contributed by atoms with Crippen LogP contribution in [0.1, 0.15) is 39.7 Å². The topological polar surface area (TPSA) is 95.1 Å². The Hall–Kier alpha value is -2.87. The van der Waals surface area contributed by atoms with Gasteiger partial charge in [0.25, 0.3) is 11.2 Å². The highest BCUT2D eigenvalue weighted by atomic mass is 32.1. The predicted octanol–water partition coefficient (Wildman–Crippen LogP) is 3.68. The molecule has 0 amide bonds. The van der Waals surface area contributed by atoms with Crippen LogP contribution in [0.3, 0.4) is 0 Å². The van der Waals surface area contributed by atoms with Crippen molar-refractivity contribution in [1.82, 2.24) is 9.55 Å². The van der Waals surface area contributed by atoms with E-state index in [0.717, 1.165) is 29.7 Å². The van der Waals surface area contributed by atoms with E-state index >= 15 is 0 Å². The lowest BCUT2D eigenvalue weighted by Gasteiger charge is -2.17. The van der Waals surface area contributed by atoms with E-state index in [0.29, 0.717) is 16.9 Å². The number of carbonyl (C=O) groups excluding carboxylic acids is 1. The fourth-order valence-electron chi connectivity index (χ4n) is 3.70. The monoisotopic (exact) mass is 397 g/mol. The van der Waals surface area contributed by atoms with Gasteiger partial charge in [0, 0.05) is 22.1 Å². The van der Waals surface area contributed by atoms with Gasteiger partial charge in [-0.2, -0.15) is 0 Å². The molecule has 0 spiro atoms. The molecule has 0 aliphatic heterocycles. The third-order valence-corrected chi connectivity index (χ3v) is 6.49. The summed E-state index contributed by atoms with van der Waals surface area (Å²) in [6, 6.07) is 4.37. The average molecular weight is 397 g/mol. The van der Waals surface area contributed by atoms with E-state index in [1.807, 2.05) is 0 Å². The van der Waals surface area contributed by atoms with Crippen LogP contribution in [-0.4, -0.2) is 20.3 Å². The molecule has 2 heterocycles. The molecular formula is C20H19N3O4S. The minimum Gasteiger partial charge on any atom is -0.292 e. The van der Waals surface area contributed by atoms with E-state index in [2.05, 4.69) is 11.9 Å². The number of Topliss-reactive ketones (excluding diaryl/α,β-unsaturated/α-hetero) is 1. The first kappa shape index (κ1) is 18.5. The fourth-order valence-corrected chi connectivity index (χ4v) is 5.05. The molecular weight excluding hydrogens is 378 g/mol. The first-order valence-electron chi connectivity index (χ1n) is 9.13. The predicted molar refractivity (Wildman–Crippen MR) is 107 cm³/mol. The molecule has 28 heavy (non-hydrogen) atoms. The Morgan fingerprint density at radius 3 is 2.96 bits per heavy atom. The summed E-state index contributed by atoms with van der Waals surface area (Å²) in [7, 11) is 0. The second kappa shape index (κ2) is 6.94. The number of fused-ring (bicyclic) bond motifs is 3. The van der Waals surface area contributed by atoms with Crippen molar-refractivity contribution < 1.29 is 9.72 Å². The van der Waals surface area contributed by atoms with Crippen LogP contribution in [0.2, 0.25) is 0 Å². The van der Waals surface area contributed by atoms with Gasteiger partial charge in [-0.15, -0.1) is 11.3 Å². The van der Waals surface area contributed by atoms with Gasteiger partial charge in [-0.05, 0) is 37.7 Å². The highest BCUT2D eigenvalue weighted by Gasteiger charge is 2.24. The summed E-state index contributed by atoms with van der Waals surface area (Å²) in [6.45, 7) is 3.64. The van der Waals surface area contributed by atoms with Crippen molar-refractivity contribution in [2.75, 3.05) is 0 Å². The molecule has 1 aliphatic carbocycles. The molecule has 4 rings (SSSR count). The SMILES string of the molecule is Cc1ccc(C(=O)Cn2cnc3sc4c(c3c2=O)CC[C@@H](C)C4)cc1[N+](=O)[O-]. The van der Waals surface area contributed by atoms with Crippen molar-refractivity contribution in [2.24, 2.45) is 5.92 Å². The van der Waals surface area contributed by atoms with Gasteiger partial charge in [0.1, 0.15) is 4.83 Å². The van der Waals surface area contributed by atoms with Crippen LogP contribution < -0.4 is 5.56 Å². The Kier molecular flexibility index (Phi) is 4.58. The Morgan fingerprint density at radius 2 is 2.21 bits per heavy atom. The average Bonchev–Trinajstić information content (AvgIpc) is 3.02. The number of benzene rings is 1. The van der Waals surface area contributed by atoms with Crippen LogP contribution in [0.25, 0.3) is 10.2 Å². The number of aromatic nitrogens is 2. The lowest BCUT2D eigenvalue weighted by molar-refractivity contribution is -0.385. The van der Waals surface area contributed by atoms with Crippen molar-refractivity contribution in [3.05, 3.63) is 66.6 Å². The van der Waals surface area contributed by atoms with Gasteiger partial charge >= 0.3 is 0 Å². The van der Waals surface area contributed by atoms with E-state index in [1.165, 1.54) is 21.8 Å². The van der Waals surface area contributed by atoms with Crippen molar-refractivity contribution >= 4 is 33.0 Å². The van der Waals surface area contributed by atoms with Crippen LogP contribution in [0, 0.1) is 23.0 Å². The van der Waals surface area contributed by atoms with Gasteiger partial charge in [0.2, 0.25) is 0 Å². The number of thiophene rings is 1. The van der Waals surface area contributed by atoms with E-state index in [9.17, 15) is 19.7 Å². The lowest BCUT2D eigenvalue weighted by Crippen LogP contribution is -2.25. The van der Waals surface area contributed by atoms with E-state index < -0.39 is 4.92 Å². The zero-order valence-corrected chi connectivity index (χ0v) is 16.4. The molecule has 1 aliphatic rings. The fraction of sp³-hybridized carbons (Fsp3) is 0.350. The Labute approximate surface area is 164 Å². The van der Waals surface area contributed by atoms with E-state index in [4.69, 9.17) is 0 Å². The van der Waals surface area contributed by atoms with Gasteiger partial charge < -0.3 is 0 Å². The first-order valence-corrected chi connectivity index (χ1v) is 9.94. The van der Waals surface area contributed by atoms with Gasteiger partial charge in [-0.1, -0.05) is 19.1 Å². The largest absolute Gasteiger partial charge is 0.292 e. The van der Waals surface area contributed by atoms with Crippen LogP contribution >= 0.6 is 11.3 Å². The van der Waals surface area contributed by atoms with Crippen LogP contribution in [-0.2, 0) is 19.4 Å². The van der Waals surface area contributed by atoms with Crippen molar-refractivity contribution in [1.29, 1.82) is 0 Å². The normalized spacial score (nSPS) is 16.1. The standard InChI is InChI=1S/C20H19N3O4S/c1-11-3-6-14-17(7-11)28-19-18(14)20(25)22(10-21-19)9-16(24)13-5-4-12(2)15(8-13)23(26)27/h4-5,8,10-11H,3,6-7,9H2,1-2H3/t11-/m1/s1. The first-order chi connectivity index (χ1) is 13.3. The van der Waals surface area contributed by atoms with Crippen molar-refractivity contribution in [3.63, 3.8) is 0 Å². The second-order valence-electron chi connectivity index (χ2n) is 7.39. The molecule has 7 nitrogen and oxygen atoms in total. The molecule has 0 unspecified atom stereocenters. The molecule has 0 saturated carbocycles. The van der Waals surface area contributed by atoms with Crippen molar-refractivity contribution in [3.8, 4) is 0 Å². The number of hydrogen-bond donors (Lipinski definition) is 0. The molecule has 3 aromatic rings. The summed E-state index contributed by atoms with van der Waals surface area (Å²) in [4.78, 5) is 42.6. The molecule has 0 bridgehead atoms. The number of nitro benzene ring substituents is 1. The molecule has 1 aromatic carbocycles. The van der Waals surface area contributed by atoms with E-state index in [1.54, 1.807) is 30.4 Å². The summed E-state index contributed by atoms with van der Waals surface area (Å²) in [6.07, 6.45) is 4.26. The quantitative estimate of drug-likeness (QED) is 0.380. The number of ketones is 1. The molecule has 2 aromatic heterocycles. The Balaban J connectivity index is 1.70. The number of aryl methyl sites for hydroxylation is 2. The minimum absolute atomic E-state index is 0.104. The zero-order chi connectivity index (χ0) is 20.0. The molecule has 0 N–H and O–H groups in total. The molecule has 0 radical (unpaired) electrons. The van der Waals surface area contributed by atoms with Gasteiger partial charge in [0.15, 0.2) is 5.78 Å².